The first-order valence-corrected chi connectivity index (χ1v) is 9.74. The van der Waals surface area contributed by atoms with Crippen molar-refractivity contribution in [2.75, 3.05) is 12.4 Å². The average Bonchev–Trinajstić information content (AvgIpc) is 3.13. The van der Waals surface area contributed by atoms with Crippen LogP contribution in [0.5, 0.6) is 5.75 Å². The van der Waals surface area contributed by atoms with E-state index in [4.69, 9.17) is 16.3 Å². The summed E-state index contributed by atoms with van der Waals surface area (Å²) in [6.07, 6.45) is -0.299. The van der Waals surface area contributed by atoms with Gasteiger partial charge in [0, 0.05) is 23.1 Å². The van der Waals surface area contributed by atoms with E-state index in [0.29, 0.717) is 11.6 Å². The second kappa shape index (κ2) is 7.21. The Kier molecular flexibility index (Phi) is 4.76. The summed E-state index contributed by atoms with van der Waals surface area (Å²) < 4.78 is 5.76. The van der Waals surface area contributed by atoms with Gasteiger partial charge in [0.2, 0.25) is 0 Å². The van der Waals surface area contributed by atoms with Crippen molar-refractivity contribution in [3.8, 4) is 5.75 Å². The summed E-state index contributed by atoms with van der Waals surface area (Å²) >= 11 is 7.40. The molecule has 7 heteroatoms. The van der Waals surface area contributed by atoms with E-state index in [9.17, 15) is 4.79 Å². The lowest BCUT2D eigenvalue weighted by atomic mass is 10.0. The molecule has 1 unspecified atom stereocenters. The SMILES string of the molecule is Cc1cccc2c1C(=O)N(C)C(c1csc(COc3ccc(Cl)cc3)n1)N2. The van der Waals surface area contributed by atoms with Crippen molar-refractivity contribution in [1.29, 1.82) is 0 Å². The summed E-state index contributed by atoms with van der Waals surface area (Å²) in [5.41, 5.74) is 3.33. The number of ether oxygens (including phenoxy) is 1. The first-order chi connectivity index (χ1) is 13.0. The van der Waals surface area contributed by atoms with Crippen molar-refractivity contribution in [1.82, 2.24) is 9.88 Å². The summed E-state index contributed by atoms with van der Waals surface area (Å²) in [4.78, 5) is 19.1. The molecule has 0 aliphatic carbocycles. The van der Waals surface area contributed by atoms with E-state index < -0.39 is 0 Å². The van der Waals surface area contributed by atoms with Crippen LogP contribution in [0.2, 0.25) is 5.02 Å². The summed E-state index contributed by atoms with van der Waals surface area (Å²) in [6.45, 7) is 2.31. The number of nitrogens with one attached hydrogen (secondary N) is 1. The number of amides is 1. The smallest absolute Gasteiger partial charge is 0.257 e. The van der Waals surface area contributed by atoms with Crippen molar-refractivity contribution >= 4 is 34.5 Å². The maximum atomic E-state index is 12.8. The Labute approximate surface area is 166 Å². The minimum absolute atomic E-state index is 0.00110. The minimum atomic E-state index is -0.299. The standard InChI is InChI=1S/C20H18ClN3O2S/c1-12-4-3-5-15-18(12)20(25)24(2)19(23-15)16-11-27-17(22-16)10-26-14-8-6-13(21)7-9-14/h3-9,11,19,23H,10H2,1-2H3. The third kappa shape index (κ3) is 3.50. The molecule has 2 heterocycles. The normalized spacial score (nSPS) is 16.0. The first kappa shape index (κ1) is 17.8. The van der Waals surface area contributed by atoms with Crippen LogP contribution in [0.3, 0.4) is 0 Å². The summed E-state index contributed by atoms with van der Waals surface area (Å²) in [7, 11) is 1.79. The number of hydrogen-bond donors (Lipinski definition) is 1. The molecule has 1 N–H and O–H groups in total. The molecule has 0 radical (unpaired) electrons. The molecule has 1 atom stereocenters. The summed E-state index contributed by atoms with van der Waals surface area (Å²) in [5, 5.41) is 6.90. The molecule has 5 nitrogen and oxygen atoms in total. The highest BCUT2D eigenvalue weighted by Crippen LogP contribution is 2.34. The van der Waals surface area contributed by atoms with Crippen molar-refractivity contribution in [3.63, 3.8) is 0 Å². The molecule has 0 fully saturated rings. The van der Waals surface area contributed by atoms with Crippen LogP contribution in [0.25, 0.3) is 0 Å². The lowest BCUT2D eigenvalue weighted by molar-refractivity contribution is 0.0732. The summed E-state index contributed by atoms with van der Waals surface area (Å²) in [6, 6.07) is 13.0. The fraction of sp³-hybridized carbons (Fsp3) is 0.200. The van der Waals surface area contributed by atoms with E-state index in [0.717, 1.165) is 33.3 Å². The predicted octanol–water partition coefficient (Wildman–Crippen LogP) is 4.88. The van der Waals surface area contributed by atoms with Crippen LogP contribution in [-0.4, -0.2) is 22.8 Å². The number of nitrogens with zero attached hydrogens (tertiary/aromatic N) is 2. The quantitative estimate of drug-likeness (QED) is 0.679. The molecular formula is C20H18ClN3O2S. The fourth-order valence-electron chi connectivity index (χ4n) is 3.07. The number of aromatic nitrogens is 1. The number of thiazole rings is 1. The molecule has 3 aromatic rings. The Morgan fingerprint density at radius 1 is 1.26 bits per heavy atom. The predicted molar refractivity (Wildman–Crippen MR) is 108 cm³/mol. The number of hydrogen-bond acceptors (Lipinski definition) is 5. The van der Waals surface area contributed by atoms with Gasteiger partial charge < -0.3 is 15.0 Å². The molecule has 1 amide bonds. The van der Waals surface area contributed by atoms with Crippen LogP contribution in [0.4, 0.5) is 5.69 Å². The Bertz CT molecular complexity index is 987. The molecule has 4 rings (SSSR count). The highest BCUT2D eigenvalue weighted by molar-refractivity contribution is 7.09. The Morgan fingerprint density at radius 2 is 2.04 bits per heavy atom. The molecule has 0 saturated heterocycles. The van der Waals surface area contributed by atoms with Crippen LogP contribution in [-0.2, 0) is 6.61 Å². The Hall–Kier alpha value is -2.57. The molecule has 0 bridgehead atoms. The zero-order valence-electron chi connectivity index (χ0n) is 14.9. The highest BCUT2D eigenvalue weighted by Gasteiger charge is 2.32. The lowest BCUT2D eigenvalue weighted by Gasteiger charge is -2.35. The first-order valence-electron chi connectivity index (χ1n) is 8.49. The third-order valence-electron chi connectivity index (χ3n) is 4.51. The Morgan fingerprint density at radius 3 is 2.81 bits per heavy atom. The third-order valence-corrected chi connectivity index (χ3v) is 5.60. The number of aryl methyl sites for hydroxylation is 1. The molecule has 138 valence electrons. The lowest BCUT2D eigenvalue weighted by Crippen LogP contribution is -2.40. The van der Waals surface area contributed by atoms with Gasteiger partial charge in [0.15, 0.2) is 0 Å². The van der Waals surface area contributed by atoms with Crippen LogP contribution in [0.1, 0.15) is 32.8 Å². The monoisotopic (exact) mass is 399 g/mol. The van der Waals surface area contributed by atoms with Gasteiger partial charge in [0.25, 0.3) is 5.91 Å². The van der Waals surface area contributed by atoms with Crippen LogP contribution in [0, 0.1) is 6.92 Å². The molecule has 1 aliphatic heterocycles. The maximum Gasteiger partial charge on any atom is 0.257 e. The van der Waals surface area contributed by atoms with Crippen LogP contribution < -0.4 is 10.1 Å². The number of benzene rings is 2. The number of rotatable bonds is 4. The molecular weight excluding hydrogens is 382 g/mol. The van der Waals surface area contributed by atoms with Crippen LogP contribution >= 0.6 is 22.9 Å². The van der Waals surface area contributed by atoms with Crippen molar-refractivity contribution in [2.24, 2.45) is 0 Å². The second-order valence-corrected chi connectivity index (χ2v) is 7.75. The number of carbonyl (C=O) groups excluding carboxylic acids is 1. The maximum absolute atomic E-state index is 12.8. The number of carbonyl (C=O) groups is 1. The van der Waals surface area contributed by atoms with Crippen molar-refractivity contribution < 1.29 is 9.53 Å². The Balaban J connectivity index is 1.51. The van der Waals surface area contributed by atoms with Gasteiger partial charge in [0.1, 0.15) is 23.5 Å². The fourth-order valence-corrected chi connectivity index (χ4v) is 3.92. The molecule has 0 spiro atoms. The van der Waals surface area contributed by atoms with E-state index in [1.165, 1.54) is 11.3 Å². The average molecular weight is 400 g/mol. The minimum Gasteiger partial charge on any atom is -0.486 e. The van der Waals surface area contributed by atoms with Gasteiger partial charge in [-0.25, -0.2) is 4.98 Å². The van der Waals surface area contributed by atoms with Gasteiger partial charge in [-0.1, -0.05) is 23.7 Å². The molecule has 27 heavy (non-hydrogen) atoms. The van der Waals surface area contributed by atoms with Crippen LogP contribution in [0.15, 0.2) is 47.8 Å². The van der Waals surface area contributed by atoms with Crippen molar-refractivity contribution in [3.05, 3.63) is 74.7 Å². The molecule has 2 aromatic carbocycles. The number of fused-ring (bicyclic) bond motifs is 1. The van der Waals surface area contributed by atoms with Gasteiger partial charge in [-0.3, -0.25) is 4.79 Å². The van der Waals surface area contributed by atoms with Gasteiger partial charge >= 0.3 is 0 Å². The van der Waals surface area contributed by atoms with E-state index in [2.05, 4.69) is 10.3 Å². The van der Waals surface area contributed by atoms with Gasteiger partial charge in [0.05, 0.1) is 11.3 Å². The van der Waals surface area contributed by atoms with Crippen molar-refractivity contribution in [2.45, 2.75) is 19.7 Å². The number of anilines is 1. The van der Waals surface area contributed by atoms with E-state index in [-0.39, 0.29) is 12.1 Å². The number of halogens is 1. The van der Waals surface area contributed by atoms with Gasteiger partial charge in [-0.2, -0.15) is 0 Å². The van der Waals surface area contributed by atoms with E-state index in [1.54, 1.807) is 24.1 Å². The van der Waals surface area contributed by atoms with Gasteiger partial charge in [-0.15, -0.1) is 11.3 Å². The molecule has 1 aromatic heterocycles. The zero-order valence-corrected chi connectivity index (χ0v) is 16.5. The molecule has 1 aliphatic rings. The van der Waals surface area contributed by atoms with E-state index in [1.807, 2.05) is 42.6 Å². The van der Waals surface area contributed by atoms with E-state index >= 15 is 0 Å². The summed E-state index contributed by atoms with van der Waals surface area (Å²) in [5.74, 6) is 0.738. The largest absolute Gasteiger partial charge is 0.486 e. The topological polar surface area (TPSA) is 54.5 Å². The second-order valence-electron chi connectivity index (χ2n) is 6.37. The molecule has 0 saturated carbocycles. The highest BCUT2D eigenvalue weighted by atomic mass is 35.5. The zero-order chi connectivity index (χ0) is 19.0. The van der Waals surface area contributed by atoms with Gasteiger partial charge in [-0.05, 0) is 42.8 Å².